The summed E-state index contributed by atoms with van der Waals surface area (Å²) >= 11 is 1.70. The number of amides is 2. The minimum atomic E-state index is -1.10. The lowest BCUT2D eigenvalue weighted by Crippen LogP contribution is -2.61. The van der Waals surface area contributed by atoms with E-state index in [2.05, 4.69) is 23.6 Å². The van der Waals surface area contributed by atoms with Crippen LogP contribution in [0.5, 0.6) is 0 Å². The van der Waals surface area contributed by atoms with Crippen LogP contribution in [0.25, 0.3) is 10.4 Å². The van der Waals surface area contributed by atoms with E-state index in [0.29, 0.717) is 25.1 Å². The molecule has 0 spiro atoms. The van der Waals surface area contributed by atoms with E-state index in [9.17, 15) is 9.59 Å². The molecule has 2 aromatic carbocycles. The van der Waals surface area contributed by atoms with Gasteiger partial charge in [0.15, 0.2) is 5.60 Å². The zero-order chi connectivity index (χ0) is 21.8. The van der Waals surface area contributed by atoms with Crippen LogP contribution >= 0.6 is 11.3 Å². The molecule has 0 unspecified atom stereocenters. The Morgan fingerprint density at radius 1 is 1.03 bits per heavy atom. The van der Waals surface area contributed by atoms with Crippen molar-refractivity contribution < 1.29 is 14.3 Å². The van der Waals surface area contributed by atoms with Crippen LogP contribution in [0.2, 0.25) is 0 Å². The predicted molar refractivity (Wildman–Crippen MR) is 123 cm³/mol. The summed E-state index contributed by atoms with van der Waals surface area (Å²) in [5, 5.41) is 2.06. The van der Waals surface area contributed by atoms with Crippen LogP contribution in [0.15, 0.2) is 72.1 Å². The molecular formula is C25H26N2O3S. The fourth-order valence-corrected chi connectivity index (χ4v) is 4.73. The second-order valence-electron chi connectivity index (χ2n) is 7.99. The maximum absolute atomic E-state index is 13.2. The molecule has 1 aliphatic heterocycles. The van der Waals surface area contributed by atoms with Gasteiger partial charge in [-0.1, -0.05) is 48.5 Å². The topological polar surface area (TPSA) is 49.9 Å². The number of benzene rings is 2. The van der Waals surface area contributed by atoms with Gasteiger partial charge in [0, 0.05) is 37.5 Å². The summed E-state index contributed by atoms with van der Waals surface area (Å²) in [5.74, 6) is -0.201. The molecule has 6 heteroatoms. The van der Waals surface area contributed by atoms with Crippen molar-refractivity contribution in [1.82, 2.24) is 9.80 Å². The summed E-state index contributed by atoms with van der Waals surface area (Å²) in [7, 11) is 3.45. The van der Waals surface area contributed by atoms with Gasteiger partial charge in [-0.05, 0) is 34.7 Å². The minimum absolute atomic E-state index is 0.0760. The maximum atomic E-state index is 13.2. The summed E-state index contributed by atoms with van der Waals surface area (Å²) in [6, 6.07) is 21.5. The molecular weight excluding hydrogens is 408 g/mol. The van der Waals surface area contributed by atoms with Gasteiger partial charge in [0.2, 0.25) is 0 Å². The third kappa shape index (κ3) is 4.55. The third-order valence-electron chi connectivity index (χ3n) is 5.54. The van der Waals surface area contributed by atoms with Crippen LogP contribution in [-0.2, 0) is 16.0 Å². The molecule has 0 aliphatic carbocycles. The van der Waals surface area contributed by atoms with Crippen LogP contribution in [0.1, 0.15) is 15.9 Å². The molecule has 0 saturated carbocycles. The second-order valence-corrected chi connectivity index (χ2v) is 8.93. The lowest BCUT2D eigenvalue weighted by Gasteiger charge is -2.43. The quantitative estimate of drug-likeness (QED) is 0.611. The van der Waals surface area contributed by atoms with Gasteiger partial charge in [-0.3, -0.25) is 9.59 Å². The van der Waals surface area contributed by atoms with Crippen LogP contribution in [0, 0.1) is 0 Å². The molecule has 1 atom stereocenters. The molecule has 31 heavy (non-hydrogen) atoms. The zero-order valence-electron chi connectivity index (χ0n) is 17.8. The number of rotatable bonds is 5. The van der Waals surface area contributed by atoms with E-state index in [4.69, 9.17) is 4.74 Å². The molecule has 5 nitrogen and oxygen atoms in total. The van der Waals surface area contributed by atoms with Crippen molar-refractivity contribution >= 4 is 23.2 Å². The Morgan fingerprint density at radius 3 is 2.42 bits per heavy atom. The van der Waals surface area contributed by atoms with Crippen molar-refractivity contribution in [1.29, 1.82) is 0 Å². The number of hydrogen-bond acceptors (Lipinski definition) is 4. The van der Waals surface area contributed by atoms with Gasteiger partial charge in [-0.2, -0.15) is 0 Å². The monoisotopic (exact) mass is 434 g/mol. The van der Waals surface area contributed by atoms with Gasteiger partial charge in [0.25, 0.3) is 11.8 Å². The van der Waals surface area contributed by atoms with Crippen LogP contribution in [0.4, 0.5) is 0 Å². The molecule has 2 heterocycles. The Morgan fingerprint density at radius 2 is 1.77 bits per heavy atom. The fourth-order valence-electron chi connectivity index (χ4n) is 4.00. The van der Waals surface area contributed by atoms with E-state index in [1.54, 1.807) is 47.4 Å². The number of nitrogens with zero attached hydrogens (tertiary/aromatic N) is 2. The van der Waals surface area contributed by atoms with Gasteiger partial charge in [-0.25, -0.2) is 0 Å². The first kappa shape index (κ1) is 21.3. The van der Waals surface area contributed by atoms with Crippen molar-refractivity contribution in [2.75, 3.05) is 33.8 Å². The molecule has 4 rings (SSSR count). The maximum Gasteiger partial charge on any atom is 0.256 e. The molecule has 160 valence electrons. The molecule has 1 aromatic heterocycles. The van der Waals surface area contributed by atoms with Crippen LogP contribution < -0.4 is 0 Å². The summed E-state index contributed by atoms with van der Waals surface area (Å²) in [6.07, 6.45) is 0.410. The highest BCUT2D eigenvalue weighted by molar-refractivity contribution is 7.13. The average Bonchev–Trinajstić information content (AvgIpc) is 3.34. The second kappa shape index (κ2) is 9.04. The van der Waals surface area contributed by atoms with Gasteiger partial charge in [-0.15, -0.1) is 11.3 Å². The Hall–Kier alpha value is -2.96. The Kier molecular flexibility index (Phi) is 6.20. The number of hydrogen-bond donors (Lipinski definition) is 0. The Bertz CT molecular complexity index is 1030. The fraction of sp³-hybridized carbons (Fsp3) is 0.280. The lowest BCUT2D eigenvalue weighted by atomic mass is 9.90. The first-order valence-electron chi connectivity index (χ1n) is 10.3. The summed E-state index contributed by atoms with van der Waals surface area (Å²) in [5.41, 5.74) is 1.67. The highest BCUT2D eigenvalue weighted by atomic mass is 32.1. The van der Waals surface area contributed by atoms with Crippen molar-refractivity contribution in [3.63, 3.8) is 0 Å². The Balaban J connectivity index is 1.59. The van der Waals surface area contributed by atoms with Crippen molar-refractivity contribution in [3.8, 4) is 10.4 Å². The van der Waals surface area contributed by atoms with E-state index in [1.807, 2.05) is 36.4 Å². The van der Waals surface area contributed by atoms with Gasteiger partial charge < -0.3 is 14.5 Å². The molecule has 0 bridgehead atoms. The van der Waals surface area contributed by atoms with Crippen molar-refractivity contribution in [2.24, 2.45) is 0 Å². The van der Waals surface area contributed by atoms with E-state index >= 15 is 0 Å². The molecule has 0 radical (unpaired) electrons. The standard InChI is InChI=1S/C25H26N2O3S/c1-26(2)24(29)25(17-19-10-12-20(13-11-19)22-9-6-16-31-22)18-27(14-15-30-25)23(28)21-7-4-3-5-8-21/h3-13,16H,14-15,17-18H2,1-2H3/t25-/m0/s1. The number of carbonyl (C=O) groups is 2. The van der Waals surface area contributed by atoms with Gasteiger partial charge >= 0.3 is 0 Å². The molecule has 2 amide bonds. The summed E-state index contributed by atoms with van der Waals surface area (Å²) < 4.78 is 6.13. The van der Waals surface area contributed by atoms with Crippen molar-refractivity contribution in [2.45, 2.75) is 12.0 Å². The number of morpholine rings is 1. The third-order valence-corrected chi connectivity index (χ3v) is 6.46. The van der Waals surface area contributed by atoms with Gasteiger partial charge in [0.1, 0.15) is 0 Å². The average molecular weight is 435 g/mol. The number of carbonyl (C=O) groups excluding carboxylic acids is 2. The number of likely N-dealkylation sites (N-methyl/N-ethyl adjacent to an activating group) is 1. The lowest BCUT2D eigenvalue weighted by molar-refractivity contribution is -0.165. The highest BCUT2D eigenvalue weighted by Gasteiger charge is 2.46. The molecule has 1 fully saturated rings. The normalized spacial score (nSPS) is 18.6. The summed E-state index contributed by atoms with van der Waals surface area (Å²) in [6.45, 7) is 1.02. The zero-order valence-corrected chi connectivity index (χ0v) is 18.6. The highest BCUT2D eigenvalue weighted by Crippen LogP contribution is 2.29. The Labute approximate surface area is 186 Å². The SMILES string of the molecule is CN(C)C(=O)[C@]1(Cc2ccc(-c3cccs3)cc2)CN(C(=O)c2ccccc2)CCO1. The first-order chi connectivity index (χ1) is 15.0. The van der Waals surface area contributed by atoms with Gasteiger partial charge in [0.05, 0.1) is 13.2 Å². The van der Waals surface area contributed by atoms with E-state index in [-0.39, 0.29) is 18.4 Å². The van der Waals surface area contributed by atoms with E-state index < -0.39 is 5.60 Å². The molecule has 3 aromatic rings. The van der Waals surface area contributed by atoms with E-state index in [1.165, 1.54) is 4.88 Å². The summed E-state index contributed by atoms with van der Waals surface area (Å²) in [4.78, 5) is 30.8. The first-order valence-corrected chi connectivity index (χ1v) is 11.2. The largest absolute Gasteiger partial charge is 0.361 e. The smallest absolute Gasteiger partial charge is 0.256 e. The predicted octanol–water partition coefficient (Wildman–Crippen LogP) is 3.96. The van der Waals surface area contributed by atoms with Crippen LogP contribution in [-0.4, -0.2) is 61.0 Å². The van der Waals surface area contributed by atoms with Crippen LogP contribution in [0.3, 0.4) is 0 Å². The number of ether oxygens (including phenoxy) is 1. The minimum Gasteiger partial charge on any atom is -0.361 e. The number of thiophene rings is 1. The van der Waals surface area contributed by atoms with E-state index in [0.717, 1.165) is 11.1 Å². The van der Waals surface area contributed by atoms with Crippen molar-refractivity contribution in [3.05, 3.63) is 83.2 Å². The molecule has 1 aliphatic rings. The molecule has 0 N–H and O–H groups in total. The molecule has 1 saturated heterocycles.